The lowest BCUT2D eigenvalue weighted by molar-refractivity contribution is -0.122. The van der Waals surface area contributed by atoms with E-state index in [0.717, 1.165) is 11.4 Å². The fourth-order valence-corrected chi connectivity index (χ4v) is 1.52. The maximum atomic E-state index is 11.4. The predicted octanol–water partition coefficient (Wildman–Crippen LogP) is 0.408. The number of nitrogens with zero attached hydrogens (tertiary/aromatic N) is 1. The van der Waals surface area contributed by atoms with Crippen LogP contribution in [0.3, 0.4) is 0 Å². The Morgan fingerprint density at radius 1 is 1.63 bits per heavy atom. The molecule has 1 rings (SSSR count). The van der Waals surface area contributed by atoms with Crippen LogP contribution in [0.15, 0.2) is 12.1 Å². The highest BCUT2D eigenvalue weighted by atomic mass is 16.5. The first-order valence-corrected chi connectivity index (χ1v) is 6.08. The Balaban J connectivity index is 2.67. The van der Waals surface area contributed by atoms with Gasteiger partial charge in [-0.25, -0.2) is 0 Å². The Kier molecular flexibility index (Phi) is 5.83. The van der Waals surface area contributed by atoms with Gasteiger partial charge in [0.15, 0.2) is 6.61 Å². The first-order valence-electron chi connectivity index (χ1n) is 6.08. The van der Waals surface area contributed by atoms with Crippen LogP contribution in [-0.4, -0.2) is 30.1 Å². The van der Waals surface area contributed by atoms with Crippen LogP contribution >= 0.6 is 0 Å². The molecule has 1 heterocycles. The fourth-order valence-electron chi connectivity index (χ4n) is 1.52. The van der Waals surface area contributed by atoms with Crippen LogP contribution in [0.1, 0.15) is 18.3 Å². The summed E-state index contributed by atoms with van der Waals surface area (Å²) < 4.78 is 5.45. The lowest BCUT2D eigenvalue weighted by atomic mass is 10.1. The van der Waals surface area contributed by atoms with E-state index in [4.69, 9.17) is 16.9 Å². The van der Waals surface area contributed by atoms with Crippen LogP contribution in [0, 0.1) is 19.3 Å². The monoisotopic (exact) mass is 261 g/mol. The molecule has 5 nitrogen and oxygen atoms in total. The molecule has 5 heteroatoms. The second-order valence-electron chi connectivity index (χ2n) is 4.35. The van der Waals surface area contributed by atoms with Crippen molar-refractivity contribution in [3.63, 3.8) is 0 Å². The standard InChI is InChI=1S/C14H19N3O2/c1-4-7-16-14(18)9-19-13-6-5-11(3)17-12(13)8-10(2)15/h1,5-6,10H,7-9,15H2,2-3H3,(H,16,18). The van der Waals surface area contributed by atoms with Crippen molar-refractivity contribution in [2.45, 2.75) is 26.3 Å². The Morgan fingerprint density at radius 3 is 3.00 bits per heavy atom. The van der Waals surface area contributed by atoms with Crippen LogP contribution in [-0.2, 0) is 11.2 Å². The molecule has 0 saturated heterocycles. The summed E-state index contributed by atoms with van der Waals surface area (Å²) in [5.74, 6) is 2.65. The molecule has 1 amide bonds. The smallest absolute Gasteiger partial charge is 0.258 e. The summed E-state index contributed by atoms with van der Waals surface area (Å²) in [6.07, 6.45) is 5.65. The van der Waals surface area contributed by atoms with Gasteiger partial charge in [-0.1, -0.05) is 5.92 Å². The van der Waals surface area contributed by atoms with Crippen molar-refractivity contribution in [3.05, 3.63) is 23.5 Å². The average Bonchev–Trinajstić information content (AvgIpc) is 2.34. The lowest BCUT2D eigenvalue weighted by Crippen LogP contribution is -2.29. The van der Waals surface area contributed by atoms with E-state index in [9.17, 15) is 4.79 Å². The summed E-state index contributed by atoms with van der Waals surface area (Å²) >= 11 is 0. The topological polar surface area (TPSA) is 77.2 Å². The highest BCUT2D eigenvalue weighted by molar-refractivity contribution is 5.77. The largest absolute Gasteiger partial charge is 0.482 e. The number of pyridine rings is 1. The first kappa shape index (κ1) is 15.0. The van der Waals surface area contributed by atoms with E-state index in [1.54, 1.807) is 6.07 Å². The number of ether oxygens (including phenoxy) is 1. The molecule has 1 aromatic heterocycles. The van der Waals surface area contributed by atoms with Gasteiger partial charge in [-0.15, -0.1) is 6.42 Å². The van der Waals surface area contributed by atoms with Crippen molar-refractivity contribution in [1.29, 1.82) is 0 Å². The van der Waals surface area contributed by atoms with Crippen LogP contribution in [0.25, 0.3) is 0 Å². The Morgan fingerprint density at radius 2 is 2.37 bits per heavy atom. The number of rotatable bonds is 6. The van der Waals surface area contributed by atoms with Crippen molar-refractivity contribution in [2.75, 3.05) is 13.2 Å². The number of amides is 1. The zero-order valence-corrected chi connectivity index (χ0v) is 11.3. The summed E-state index contributed by atoms with van der Waals surface area (Å²) in [5.41, 5.74) is 7.42. The van der Waals surface area contributed by atoms with Gasteiger partial charge in [0.25, 0.3) is 5.91 Å². The number of hydrogen-bond donors (Lipinski definition) is 2. The predicted molar refractivity (Wildman–Crippen MR) is 73.7 cm³/mol. The fraction of sp³-hybridized carbons (Fsp3) is 0.429. The number of carbonyl (C=O) groups excluding carboxylic acids is 1. The van der Waals surface area contributed by atoms with E-state index in [-0.39, 0.29) is 25.1 Å². The molecule has 102 valence electrons. The Labute approximate surface area is 113 Å². The molecular formula is C14H19N3O2. The second-order valence-corrected chi connectivity index (χ2v) is 4.35. The number of aryl methyl sites for hydroxylation is 1. The maximum absolute atomic E-state index is 11.4. The summed E-state index contributed by atoms with van der Waals surface area (Å²) in [4.78, 5) is 15.8. The Hall–Kier alpha value is -2.06. The molecule has 0 fully saturated rings. The van der Waals surface area contributed by atoms with E-state index >= 15 is 0 Å². The number of nitrogens with one attached hydrogen (secondary N) is 1. The molecule has 0 bridgehead atoms. The summed E-state index contributed by atoms with van der Waals surface area (Å²) in [5, 5.41) is 2.53. The van der Waals surface area contributed by atoms with Crippen LogP contribution in [0.2, 0.25) is 0 Å². The maximum Gasteiger partial charge on any atom is 0.258 e. The van der Waals surface area contributed by atoms with Crippen molar-refractivity contribution in [1.82, 2.24) is 10.3 Å². The normalized spacial score (nSPS) is 11.5. The number of hydrogen-bond acceptors (Lipinski definition) is 4. The molecule has 1 unspecified atom stereocenters. The molecule has 1 aromatic rings. The summed E-state index contributed by atoms with van der Waals surface area (Å²) in [7, 11) is 0. The van der Waals surface area contributed by atoms with Gasteiger partial charge in [0.2, 0.25) is 0 Å². The van der Waals surface area contributed by atoms with Crippen molar-refractivity contribution in [3.8, 4) is 18.1 Å². The Bertz CT molecular complexity index is 478. The molecule has 3 N–H and O–H groups in total. The minimum atomic E-state index is -0.259. The van der Waals surface area contributed by atoms with Crippen LogP contribution in [0.4, 0.5) is 0 Å². The highest BCUT2D eigenvalue weighted by Crippen LogP contribution is 2.18. The molecule has 19 heavy (non-hydrogen) atoms. The van der Waals surface area contributed by atoms with Gasteiger partial charge in [0.05, 0.1) is 12.2 Å². The minimum absolute atomic E-state index is 0.0214. The molecule has 0 saturated carbocycles. The molecule has 0 spiro atoms. The minimum Gasteiger partial charge on any atom is -0.482 e. The second kappa shape index (κ2) is 7.39. The van der Waals surface area contributed by atoms with Gasteiger partial charge >= 0.3 is 0 Å². The van der Waals surface area contributed by atoms with Crippen LogP contribution in [0.5, 0.6) is 5.75 Å². The van der Waals surface area contributed by atoms with Crippen LogP contribution < -0.4 is 15.8 Å². The quantitative estimate of drug-likeness (QED) is 0.727. The number of nitrogens with two attached hydrogens (primary N) is 1. The van der Waals surface area contributed by atoms with E-state index < -0.39 is 0 Å². The van der Waals surface area contributed by atoms with Crippen molar-refractivity contribution in [2.24, 2.45) is 5.73 Å². The third-order valence-corrected chi connectivity index (χ3v) is 2.33. The number of aromatic nitrogens is 1. The first-order chi connectivity index (χ1) is 9.02. The van der Waals surface area contributed by atoms with Gasteiger partial charge in [-0.3, -0.25) is 9.78 Å². The molecule has 0 aliphatic rings. The van der Waals surface area contributed by atoms with Crippen molar-refractivity contribution >= 4 is 5.91 Å². The van der Waals surface area contributed by atoms with E-state index in [0.29, 0.717) is 12.2 Å². The zero-order valence-electron chi connectivity index (χ0n) is 11.3. The van der Waals surface area contributed by atoms with Gasteiger partial charge in [0, 0.05) is 18.2 Å². The molecule has 1 atom stereocenters. The van der Waals surface area contributed by atoms with Gasteiger partial charge in [-0.2, -0.15) is 0 Å². The number of terminal acetylenes is 1. The van der Waals surface area contributed by atoms with Crippen molar-refractivity contribution < 1.29 is 9.53 Å². The molecule has 0 aliphatic heterocycles. The summed E-state index contributed by atoms with van der Waals surface area (Å²) in [6, 6.07) is 3.61. The number of carbonyl (C=O) groups is 1. The van der Waals surface area contributed by atoms with Gasteiger partial charge < -0.3 is 15.8 Å². The molecular weight excluding hydrogens is 242 g/mol. The molecule has 0 aromatic carbocycles. The molecule has 0 aliphatic carbocycles. The third-order valence-electron chi connectivity index (χ3n) is 2.33. The third kappa shape index (κ3) is 5.40. The zero-order chi connectivity index (χ0) is 14.3. The highest BCUT2D eigenvalue weighted by Gasteiger charge is 2.10. The van der Waals surface area contributed by atoms with Gasteiger partial charge in [0.1, 0.15) is 5.75 Å². The SMILES string of the molecule is C#CCNC(=O)COc1ccc(C)nc1CC(C)N. The average molecular weight is 261 g/mol. The van der Waals surface area contributed by atoms with E-state index in [1.807, 2.05) is 19.9 Å². The summed E-state index contributed by atoms with van der Waals surface area (Å²) in [6.45, 7) is 3.90. The van der Waals surface area contributed by atoms with E-state index in [1.165, 1.54) is 0 Å². The van der Waals surface area contributed by atoms with Gasteiger partial charge in [-0.05, 0) is 26.0 Å². The lowest BCUT2D eigenvalue weighted by Gasteiger charge is -2.12. The molecule has 0 radical (unpaired) electrons. The van der Waals surface area contributed by atoms with E-state index in [2.05, 4.69) is 16.2 Å².